The number of hydrogen-bond acceptors (Lipinski definition) is 8. The molecule has 0 spiro atoms. The number of urea groups is 1. The second-order valence-corrected chi connectivity index (χ2v) is 6.65. The average molecular weight is 376 g/mol. The minimum atomic E-state index is -4.82. The molecule has 0 aromatic carbocycles. The fourth-order valence-corrected chi connectivity index (χ4v) is 3.20. The van der Waals surface area contributed by atoms with Gasteiger partial charge >= 0.3 is 16.4 Å². The van der Waals surface area contributed by atoms with Crippen LogP contribution in [0.3, 0.4) is 0 Å². The van der Waals surface area contributed by atoms with Gasteiger partial charge in [0.25, 0.3) is 5.91 Å². The molecule has 3 heterocycles. The molecule has 1 aromatic rings. The van der Waals surface area contributed by atoms with E-state index < -0.39 is 34.4 Å². The van der Waals surface area contributed by atoms with Gasteiger partial charge in [0.15, 0.2) is 0 Å². The standard InChI is InChI=1S/C11H16N6O7S/c1-15-4-7(12-14-15)6-23-13-10(18)9-3-2-8-5-16(9)11(19)17(8)24-25(20,21)22/h4,8-9H,2-3,5-6H2,1H3,(H,13,18)(H,20,21,22)/t8-,9+/m1/s1. The Balaban J connectivity index is 1.56. The minimum Gasteiger partial charge on any atom is -0.309 e. The SMILES string of the molecule is Cn1cc(CONC(=O)[C@@H]2CC[C@@H]3CN2C(=O)N3OS(=O)(=O)O)nn1. The molecule has 14 heteroatoms. The predicted octanol–water partition coefficient (Wildman–Crippen LogP) is -1.63. The van der Waals surface area contributed by atoms with Gasteiger partial charge < -0.3 is 4.90 Å². The largest absolute Gasteiger partial charge is 0.418 e. The average Bonchev–Trinajstić information content (AvgIpc) is 3.04. The van der Waals surface area contributed by atoms with E-state index in [1.807, 2.05) is 0 Å². The topological polar surface area (TPSA) is 156 Å². The van der Waals surface area contributed by atoms with Crippen LogP contribution in [0.4, 0.5) is 4.79 Å². The summed E-state index contributed by atoms with van der Waals surface area (Å²) in [7, 11) is -3.13. The molecule has 3 rings (SSSR count). The monoisotopic (exact) mass is 376 g/mol. The molecule has 2 saturated heterocycles. The number of nitrogens with one attached hydrogen (secondary N) is 1. The van der Waals surface area contributed by atoms with Crippen molar-refractivity contribution >= 4 is 22.3 Å². The molecule has 0 radical (unpaired) electrons. The predicted molar refractivity (Wildman–Crippen MR) is 77.3 cm³/mol. The van der Waals surface area contributed by atoms with Gasteiger partial charge in [0.05, 0.1) is 12.2 Å². The maximum absolute atomic E-state index is 12.2. The quantitative estimate of drug-likeness (QED) is 0.439. The van der Waals surface area contributed by atoms with Crippen LogP contribution in [0, 0.1) is 0 Å². The summed E-state index contributed by atoms with van der Waals surface area (Å²) in [5.41, 5.74) is 2.75. The van der Waals surface area contributed by atoms with Crippen LogP contribution >= 0.6 is 0 Å². The lowest BCUT2D eigenvalue weighted by atomic mass is 10.0. The van der Waals surface area contributed by atoms with Crippen molar-refractivity contribution in [2.75, 3.05) is 6.54 Å². The third kappa shape index (κ3) is 3.87. The molecule has 2 aliphatic rings. The van der Waals surface area contributed by atoms with Crippen molar-refractivity contribution in [2.24, 2.45) is 7.05 Å². The molecule has 2 fully saturated rings. The molecule has 1 aromatic heterocycles. The third-order valence-corrected chi connectivity index (χ3v) is 4.19. The summed E-state index contributed by atoms with van der Waals surface area (Å²) in [4.78, 5) is 30.6. The molecule has 0 aliphatic carbocycles. The second-order valence-electron chi connectivity index (χ2n) is 5.65. The van der Waals surface area contributed by atoms with Gasteiger partial charge in [0, 0.05) is 13.6 Å². The number of aryl methyl sites for hydroxylation is 1. The molecular formula is C11H16N6O7S. The van der Waals surface area contributed by atoms with E-state index in [2.05, 4.69) is 20.1 Å². The summed E-state index contributed by atoms with van der Waals surface area (Å²) in [6, 6.07) is -2.20. The van der Waals surface area contributed by atoms with Crippen LogP contribution in [-0.4, -0.2) is 68.5 Å². The number of amides is 3. The van der Waals surface area contributed by atoms with Gasteiger partial charge in [-0.15, -0.1) is 9.38 Å². The Bertz CT molecular complexity index is 780. The second kappa shape index (κ2) is 6.55. The van der Waals surface area contributed by atoms with E-state index in [9.17, 15) is 18.0 Å². The lowest BCUT2D eigenvalue weighted by Gasteiger charge is -2.28. The molecule has 25 heavy (non-hydrogen) atoms. The van der Waals surface area contributed by atoms with Crippen molar-refractivity contribution in [3.8, 4) is 0 Å². The number of fused-ring (bicyclic) bond motifs is 2. The van der Waals surface area contributed by atoms with Gasteiger partial charge in [0.2, 0.25) is 0 Å². The number of aromatic nitrogens is 3. The van der Waals surface area contributed by atoms with Gasteiger partial charge in [0.1, 0.15) is 18.3 Å². The Hall–Kier alpha value is -2.29. The molecule has 2 bridgehead atoms. The third-order valence-electron chi connectivity index (χ3n) is 3.84. The van der Waals surface area contributed by atoms with E-state index in [-0.39, 0.29) is 13.2 Å². The van der Waals surface area contributed by atoms with Crippen LogP contribution in [0.25, 0.3) is 0 Å². The fourth-order valence-electron chi connectivity index (χ4n) is 2.81. The van der Waals surface area contributed by atoms with Crippen LogP contribution < -0.4 is 5.48 Å². The highest BCUT2D eigenvalue weighted by Crippen LogP contribution is 2.30. The highest BCUT2D eigenvalue weighted by molar-refractivity contribution is 7.80. The number of carbonyl (C=O) groups excluding carboxylic acids is 2. The number of carbonyl (C=O) groups is 2. The van der Waals surface area contributed by atoms with Crippen molar-refractivity contribution in [2.45, 2.75) is 31.5 Å². The van der Waals surface area contributed by atoms with E-state index >= 15 is 0 Å². The normalized spacial score (nSPS) is 23.2. The summed E-state index contributed by atoms with van der Waals surface area (Å²) in [6.45, 7) is 0.109. The first kappa shape index (κ1) is 17.5. The Kier molecular flexibility index (Phi) is 4.59. The van der Waals surface area contributed by atoms with Gasteiger partial charge in [-0.1, -0.05) is 5.21 Å². The van der Waals surface area contributed by atoms with E-state index in [0.29, 0.717) is 23.6 Å². The van der Waals surface area contributed by atoms with E-state index in [4.69, 9.17) is 9.39 Å². The zero-order valence-electron chi connectivity index (χ0n) is 13.1. The van der Waals surface area contributed by atoms with Crippen molar-refractivity contribution in [3.05, 3.63) is 11.9 Å². The summed E-state index contributed by atoms with van der Waals surface area (Å²) >= 11 is 0. The first-order valence-corrected chi connectivity index (χ1v) is 8.65. The van der Waals surface area contributed by atoms with Crippen molar-refractivity contribution in [1.82, 2.24) is 30.4 Å². The molecule has 0 unspecified atom stereocenters. The van der Waals surface area contributed by atoms with E-state index in [1.165, 1.54) is 9.58 Å². The zero-order chi connectivity index (χ0) is 18.2. The number of hydroxylamine groups is 3. The number of hydrogen-bond donors (Lipinski definition) is 2. The Morgan fingerprint density at radius 1 is 1.48 bits per heavy atom. The smallest absolute Gasteiger partial charge is 0.309 e. The van der Waals surface area contributed by atoms with Crippen molar-refractivity contribution in [1.29, 1.82) is 0 Å². The molecule has 13 nitrogen and oxygen atoms in total. The summed E-state index contributed by atoms with van der Waals surface area (Å²) in [5.74, 6) is -0.551. The lowest BCUT2D eigenvalue weighted by Crippen LogP contribution is -2.49. The molecule has 2 N–H and O–H groups in total. The maximum Gasteiger partial charge on any atom is 0.418 e. The molecule has 2 atom stereocenters. The van der Waals surface area contributed by atoms with E-state index in [0.717, 1.165) is 0 Å². The van der Waals surface area contributed by atoms with Gasteiger partial charge in [-0.25, -0.2) is 10.3 Å². The molecule has 3 amide bonds. The maximum atomic E-state index is 12.2. The minimum absolute atomic E-state index is 0.000857. The van der Waals surface area contributed by atoms with Gasteiger partial charge in [-0.3, -0.25) is 18.9 Å². The first-order valence-electron chi connectivity index (χ1n) is 7.28. The number of nitrogens with zero attached hydrogens (tertiary/aromatic N) is 5. The van der Waals surface area contributed by atoms with Crippen LogP contribution in [0.1, 0.15) is 18.5 Å². The van der Waals surface area contributed by atoms with Crippen LogP contribution in [-0.2, 0) is 38.0 Å². The van der Waals surface area contributed by atoms with E-state index in [1.54, 1.807) is 13.2 Å². The molecule has 138 valence electrons. The van der Waals surface area contributed by atoms with Crippen LogP contribution in [0.15, 0.2) is 6.20 Å². The van der Waals surface area contributed by atoms with Crippen molar-refractivity contribution < 1.29 is 31.7 Å². The van der Waals surface area contributed by atoms with Crippen LogP contribution in [0.2, 0.25) is 0 Å². The van der Waals surface area contributed by atoms with Crippen LogP contribution in [0.5, 0.6) is 0 Å². The molecular weight excluding hydrogens is 360 g/mol. The highest BCUT2D eigenvalue weighted by Gasteiger charge is 2.49. The molecule has 2 aliphatic heterocycles. The Morgan fingerprint density at radius 2 is 2.24 bits per heavy atom. The summed E-state index contributed by atoms with van der Waals surface area (Å²) < 4.78 is 36.2. The Labute approximate surface area is 142 Å². The van der Waals surface area contributed by atoms with Gasteiger partial charge in [-0.05, 0) is 12.8 Å². The van der Waals surface area contributed by atoms with Crippen molar-refractivity contribution in [3.63, 3.8) is 0 Å². The highest BCUT2D eigenvalue weighted by atomic mass is 32.3. The first-order chi connectivity index (χ1) is 11.7. The zero-order valence-corrected chi connectivity index (χ0v) is 13.9. The molecule has 0 saturated carbocycles. The summed E-state index contributed by atoms with van der Waals surface area (Å²) in [6.07, 6.45) is 2.24. The number of rotatable bonds is 6. The Morgan fingerprint density at radius 3 is 2.88 bits per heavy atom. The fraction of sp³-hybridized carbons (Fsp3) is 0.636. The lowest BCUT2D eigenvalue weighted by molar-refractivity contribution is -0.140. The number of piperidine rings is 1. The summed E-state index contributed by atoms with van der Waals surface area (Å²) in [5, 5.41) is 8.07. The van der Waals surface area contributed by atoms with Gasteiger partial charge in [-0.2, -0.15) is 13.5 Å².